The first-order valence-electron chi connectivity index (χ1n) is 6.38. The van der Waals surface area contributed by atoms with Crippen LogP contribution in [0.25, 0.3) is 10.9 Å². The Bertz CT molecular complexity index is 601. The highest BCUT2D eigenvalue weighted by molar-refractivity contribution is 5.94. The van der Waals surface area contributed by atoms with Crippen molar-refractivity contribution in [2.75, 3.05) is 14.2 Å². The fourth-order valence-corrected chi connectivity index (χ4v) is 2.25. The first-order valence-corrected chi connectivity index (χ1v) is 6.38. The minimum Gasteiger partial charge on any atom is -0.468 e. The molecule has 1 aromatic heterocycles. The van der Waals surface area contributed by atoms with Gasteiger partial charge in [-0.25, -0.2) is 0 Å². The number of rotatable bonds is 5. The predicted octanol–water partition coefficient (Wildman–Crippen LogP) is 2.06. The van der Waals surface area contributed by atoms with E-state index in [0.717, 1.165) is 16.5 Å². The number of aryl methyl sites for hydroxylation is 1. The van der Waals surface area contributed by atoms with E-state index in [1.54, 1.807) is 0 Å². The predicted molar refractivity (Wildman–Crippen MR) is 74.1 cm³/mol. The van der Waals surface area contributed by atoms with E-state index in [1.807, 2.05) is 30.5 Å². The Labute approximate surface area is 116 Å². The Morgan fingerprint density at radius 2 is 1.80 bits per heavy atom. The van der Waals surface area contributed by atoms with Gasteiger partial charge in [0.15, 0.2) is 5.92 Å². The third kappa shape index (κ3) is 2.82. The molecule has 2 aromatic rings. The number of hydrogen-bond acceptors (Lipinski definition) is 4. The van der Waals surface area contributed by atoms with Gasteiger partial charge in [0.1, 0.15) is 0 Å². The Balaban J connectivity index is 2.13. The molecule has 0 saturated carbocycles. The van der Waals surface area contributed by atoms with Crippen LogP contribution in [-0.4, -0.2) is 31.1 Å². The van der Waals surface area contributed by atoms with Crippen LogP contribution >= 0.6 is 0 Å². The van der Waals surface area contributed by atoms with Crippen molar-refractivity contribution in [1.29, 1.82) is 0 Å². The van der Waals surface area contributed by atoms with Crippen molar-refractivity contribution in [3.63, 3.8) is 0 Å². The molecule has 0 amide bonds. The third-order valence-corrected chi connectivity index (χ3v) is 3.35. The van der Waals surface area contributed by atoms with Crippen molar-refractivity contribution in [2.24, 2.45) is 5.92 Å². The standard InChI is InChI=1S/C15H17NO4/c1-19-14(17)12(15(18)20-2)8-7-10-9-16-13-6-4-3-5-11(10)13/h3-6,9,12,16H,7-8H2,1-2H3. The Kier molecular flexibility index (Phi) is 4.40. The maximum atomic E-state index is 11.6. The molecule has 0 unspecified atom stereocenters. The number of aromatic amines is 1. The number of esters is 2. The van der Waals surface area contributed by atoms with Crippen LogP contribution in [0.4, 0.5) is 0 Å². The molecule has 0 radical (unpaired) electrons. The van der Waals surface area contributed by atoms with E-state index in [-0.39, 0.29) is 0 Å². The fourth-order valence-electron chi connectivity index (χ4n) is 2.25. The Morgan fingerprint density at radius 1 is 1.15 bits per heavy atom. The minimum atomic E-state index is -0.876. The maximum absolute atomic E-state index is 11.6. The molecule has 106 valence electrons. The number of para-hydroxylation sites is 1. The lowest BCUT2D eigenvalue weighted by Crippen LogP contribution is -2.27. The van der Waals surface area contributed by atoms with Gasteiger partial charge in [0.05, 0.1) is 14.2 Å². The molecule has 1 heterocycles. The Hall–Kier alpha value is -2.30. The number of carbonyl (C=O) groups is 2. The van der Waals surface area contributed by atoms with Crippen molar-refractivity contribution in [3.8, 4) is 0 Å². The summed E-state index contributed by atoms with van der Waals surface area (Å²) in [6.45, 7) is 0. The largest absolute Gasteiger partial charge is 0.468 e. The van der Waals surface area contributed by atoms with Gasteiger partial charge in [-0.1, -0.05) is 18.2 Å². The molecule has 0 fully saturated rings. The maximum Gasteiger partial charge on any atom is 0.320 e. The van der Waals surface area contributed by atoms with Gasteiger partial charge in [-0.2, -0.15) is 0 Å². The van der Waals surface area contributed by atoms with Crippen LogP contribution in [-0.2, 0) is 25.5 Å². The summed E-state index contributed by atoms with van der Waals surface area (Å²) in [5.41, 5.74) is 2.11. The summed E-state index contributed by atoms with van der Waals surface area (Å²) >= 11 is 0. The summed E-state index contributed by atoms with van der Waals surface area (Å²) in [5, 5.41) is 1.10. The van der Waals surface area contributed by atoms with Crippen LogP contribution in [0.5, 0.6) is 0 Å². The molecule has 0 aliphatic rings. The Morgan fingerprint density at radius 3 is 2.45 bits per heavy atom. The highest BCUT2D eigenvalue weighted by atomic mass is 16.5. The van der Waals surface area contributed by atoms with E-state index in [2.05, 4.69) is 14.5 Å². The van der Waals surface area contributed by atoms with Crippen molar-refractivity contribution < 1.29 is 19.1 Å². The van der Waals surface area contributed by atoms with E-state index < -0.39 is 17.9 Å². The molecule has 2 rings (SSSR count). The quantitative estimate of drug-likeness (QED) is 0.670. The number of ether oxygens (including phenoxy) is 2. The van der Waals surface area contributed by atoms with Crippen molar-refractivity contribution >= 4 is 22.8 Å². The van der Waals surface area contributed by atoms with Crippen molar-refractivity contribution in [3.05, 3.63) is 36.0 Å². The fraction of sp³-hybridized carbons (Fsp3) is 0.333. The number of nitrogens with one attached hydrogen (secondary N) is 1. The van der Waals surface area contributed by atoms with Gasteiger partial charge in [0.25, 0.3) is 0 Å². The van der Waals surface area contributed by atoms with Gasteiger partial charge in [0.2, 0.25) is 0 Å². The highest BCUT2D eigenvalue weighted by Crippen LogP contribution is 2.21. The number of fused-ring (bicyclic) bond motifs is 1. The van der Waals surface area contributed by atoms with Crippen LogP contribution in [0.1, 0.15) is 12.0 Å². The van der Waals surface area contributed by atoms with Crippen LogP contribution in [0.2, 0.25) is 0 Å². The molecule has 5 heteroatoms. The molecule has 0 aliphatic heterocycles. The topological polar surface area (TPSA) is 68.4 Å². The van der Waals surface area contributed by atoms with Gasteiger partial charge in [-0.3, -0.25) is 9.59 Å². The lowest BCUT2D eigenvalue weighted by molar-refractivity contribution is -0.159. The second-order valence-corrected chi connectivity index (χ2v) is 4.50. The molecule has 1 aromatic carbocycles. The second kappa shape index (κ2) is 6.23. The summed E-state index contributed by atoms with van der Waals surface area (Å²) in [4.78, 5) is 26.4. The lowest BCUT2D eigenvalue weighted by atomic mass is 9.99. The molecule has 0 aliphatic carbocycles. The smallest absolute Gasteiger partial charge is 0.320 e. The number of aromatic nitrogens is 1. The molecule has 0 spiro atoms. The summed E-state index contributed by atoms with van der Waals surface area (Å²) < 4.78 is 9.29. The van der Waals surface area contributed by atoms with Crippen molar-refractivity contribution in [1.82, 2.24) is 4.98 Å². The van der Waals surface area contributed by atoms with Gasteiger partial charge in [-0.15, -0.1) is 0 Å². The van der Waals surface area contributed by atoms with Gasteiger partial charge >= 0.3 is 11.9 Å². The molecular weight excluding hydrogens is 258 g/mol. The highest BCUT2D eigenvalue weighted by Gasteiger charge is 2.28. The van der Waals surface area contributed by atoms with Crippen molar-refractivity contribution in [2.45, 2.75) is 12.8 Å². The van der Waals surface area contributed by atoms with E-state index >= 15 is 0 Å². The summed E-state index contributed by atoms with van der Waals surface area (Å²) in [6.07, 6.45) is 2.86. The zero-order valence-corrected chi connectivity index (χ0v) is 11.5. The lowest BCUT2D eigenvalue weighted by Gasteiger charge is -2.11. The zero-order chi connectivity index (χ0) is 14.5. The molecule has 1 N–H and O–H groups in total. The van der Waals surface area contributed by atoms with E-state index in [4.69, 9.17) is 0 Å². The normalized spacial score (nSPS) is 10.8. The van der Waals surface area contributed by atoms with Crippen LogP contribution in [0.3, 0.4) is 0 Å². The first-order chi connectivity index (χ1) is 9.67. The molecule has 0 bridgehead atoms. The second-order valence-electron chi connectivity index (χ2n) is 4.50. The number of hydrogen-bond donors (Lipinski definition) is 1. The van der Waals surface area contributed by atoms with Crippen LogP contribution in [0, 0.1) is 5.92 Å². The number of methoxy groups -OCH3 is 2. The number of benzene rings is 1. The zero-order valence-electron chi connectivity index (χ0n) is 11.5. The number of H-pyrrole nitrogens is 1. The molecule has 5 nitrogen and oxygen atoms in total. The monoisotopic (exact) mass is 275 g/mol. The van der Waals surface area contributed by atoms with Gasteiger partial charge in [0, 0.05) is 17.1 Å². The van der Waals surface area contributed by atoms with Gasteiger partial charge < -0.3 is 14.5 Å². The molecule has 0 atom stereocenters. The minimum absolute atomic E-state index is 0.362. The average molecular weight is 275 g/mol. The number of carbonyl (C=O) groups excluding carboxylic acids is 2. The average Bonchev–Trinajstić information content (AvgIpc) is 2.90. The van der Waals surface area contributed by atoms with Crippen LogP contribution in [0.15, 0.2) is 30.5 Å². The summed E-state index contributed by atoms with van der Waals surface area (Å²) in [5.74, 6) is -1.99. The first kappa shape index (κ1) is 14.1. The molecular formula is C15H17NO4. The summed E-state index contributed by atoms with van der Waals surface area (Å²) in [6, 6.07) is 7.90. The SMILES string of the molecule is COC(=O)C(CCc1c[nH]c2ccccc12)C(=O)OC. The summed E-state index contributed by atoms with van der Waals surface area (Å²) in [7, 11) is 2.54. The molecule has 0 saturated heterocycles. The van der Waals surface area contributed by atoms with E-state index in [9.17, 15) is 9.59 Å². The van der Waals surface area contributed by atoms with Gasteiger partial charge in [-0.05, 0) is 24.5 Å². The van der Waals surface area contributed by atoms with E-state index in [1.165, 1.54) is 14.2 Å². The van der Waals surface area contributed by atoms with Crippen LogP contribution < -0.4 is 0 Å². The molecule has 20 heavy (non-hydrogen) atoms. The van der Waals surface area contributed by atoms with E-state index in [0.29, 0.717) is 12.8 Å². The third-order valence-electron chi connectivity index (χ3n) is 3.35.